The predicted octanol–water partition coefficient (Wildman–Crippen LogP) is 3.51. The van der Waals surface area contributed by atoms with Crippen molar-refractivity contribution in [3.63, 3.8) is 0 Å². The highest BCUT2D eigenvalue weighted by Gasteiger charge is 2.17. The molecule has 2 rings (SSSR count). The summed E-state index contributed by atoms with van der Waals surface area (Å²) >= 11 is 6.30. The molecule has 0 spiro atoms. The first-order valence-corrected chi connectivity index (χ1v) is 6.82. The molecule has 0 saturated heterocycles. The van der Waals surface area contributed by atoms with E-state index >= 15 is 0 Å². The highest BCUT2D eigenvalue weighted by molar-refractivity contribution is 6.30. The quantitative estimate of drug-likeness (QED) is 0.929. The maximum Gasteiger partial charge on any atom is 0.133 e. The monoisotopic (exact) mass is 278 g/mol. The summed E-state index contributed by atoms with van der Waals surface area (Å²) in [6, 6.07) is 8.26. The number of hydrogen-bond donors (Lipinski definition) is 1. The fraction of sp³-hybridized carbons (Fsp3) is 0.400. The molecule has 4 heteroatoms. The zero-order valence-electron chi connectivity index (χ0n) is 11.5. The summed E-state index contributed by atoms with van der Waals surface area (Å²) in [5.74, 6) is 0.249. The largest absolute Gasteiger partial charge is 0.391 e. The van der Waals surface area contributed by atoms with Crippen molar-refractivity contribution in [2.75, 3.05) is 0 Å². The molecule has 0 aliphatic heterocycles. The lowest BCUT2D eigenvalue weighted by atomic mass is 10.1. The molecule has 1 aromatic heterocycles. The molecule has 0 aliphatic carbocycles. The standard InChI is InChI=1S/C15H19ClN2O/c1-10(2)14-13(9-19)15(16)18(17-14)8-12-6-4-5-11(3)7-12/h4-7,10,19H,8-9H2,1-3H3. The maximum atomic E-state index is 9.43. The lowest BCUT2D eigenvalue weighted by molar-refractivity contribution is 0.280. The van der Waals surface area contributed by atoms with Crippen LogP contribution in [0.25, 0.3) is 0 Å². The molecular weight excluding hydrogens is 260 g/mol. The third-order valence-corrected chi connectivity index (χ3v) is 3.56. The van der Waals surface area contributed by atoms with Crippen LogP contribution >= 0.6 is 11.6 Å². The zero-order chi connectivity index (χ0) is 14.0. The van der Waals surface area contributed by atoms with E-state index in [0.29, 0.717) is 11.7 Å². The van der Waals surface area contributed by atoms with Crippen molar-refractivity contribution in [1.82, 2.24) is 9.78 Å². The first-order chi connectivity index (χ1) is 9.02. The molecule has 1 N–H and O–H groups in total. The van der Waals surface area contributed by atoms with Gasteiger partial charge in [0.1, 0.15) is 5.15 Å². The second kappa shape index (κ2) is 5.76. The normalized spacial score (nSPS) is 11.3. The Morgan fingerprint density at radius 3 is 2.63 bits per heavy atom. The van der Waals surface area contributed by atoms with Crippen molar-refractivity contribution >= 4 is 11.6 Å². The zero-order valence-corrected chi connectivity index (χ0v) is 12.3. The maximum absolute atomic E-state index is 9.43. The summed E-state index contributed by atoms with van der Waals surface area (Å²) in [6.07, 6.45) is 0. The Hall–Kier alpha value is -1.32. The van der Waals surface area contributed by atoms with Crippen LogP contribution in [-0.2, 0) is 13.2 Å². The van der Waals surface area contributed by atoms with Crippen molar-refractivity contribution in [2.24, 2.45) is 0 Å². The van der Waals surface area contributed by atoms with Gasteiger partial charge in [0.25, 0.3) is 0 Å². The molecule has 19 heavy (non-hydrogen) atoms. The van der Waals surface area contributed by atoms with Crippen LogP contribution in [0.5, 0.6) is 0 Å². The number of aliphatic hydroxyl groups is 1. The lowest BCUT2D eigenvalue weighted by Gasteiger charge is -2.04. The summed E-state index contributed by atoms with van der Waals surface area (Å²) in [6.45, 7) is 6.72. The fourth-order valence-corrected chi connectivity index (χ4v) is 2.45. The van der Waals surface area contributed by atoms with Gasteiger partial charge in [-0.15, -0.1) is 0 Å². The van der Waals surface area contributed by atoms with Gasteiger partial charge in [-0.05, 0) is 18.4 Å². The molecule has 1 heterocycles. The van der Waals surface area contributed by atoms with Gasteiger partial charge in [0.15, 0.2) is 0 Å². The van der Waals surface area contributed by atoms with E-state index in [9.17, 15) is 5.11 Å². The van der Waals surface area contributed by atoms with E-state index in [-0.39, 0.29) is 12.5 Å². The van der Waals surface area contributed by atoms with E-state index < -0.39 is 0 Å². The van der Waals surface area contributed by atoms with Crippen LogP contribution in [0, 0.1) is 6.92 Å². The number of halogens is 1. The fourth-order valence-electron chi connectivity index (χ4n) is 2.19. The van der Waals surface area contributed by atoms with Crippen LogP contribution in [-0.4, -0.2) is 14.9 Å². The molecule has 2 aromatic rings. The molecule has 1 aromatic carbocycles. The minimum atomic E-state index is -0.0693. The molecule has 0 fully saturated rings. The van der Waals surface area contributed by atoms with E-state index in [1.54, 1.807) is 4.68 Å². The first-order valence-electron chi connectivity index (χ1n) is 6.44. The van der Waals surface area contributed by atoms with E-state index in [4.69, 9.17) is 11.6 Å². The summed E-state index contributed by atoms with van der Waals surface area (Å²) in [5, 5.41) is 14.5. The SMILES string of the molecule is Cc1cccc(Cn2nc(C(C)C)c(CO)c2Cl)c1. The molecule has 102 valence electrons. The van der Waals surface area contributed by atoms with Crippen LogP contribution in [0.2, 0.25) is 5.15 Å². The highest BCUT2D eigenvalue weighted by Crippen LogP contribution is 2.26. The number of nitrogens with zero attached hydrogens (tertiary/aromatic N) is 2. The average Bonchev–Trinajstić information content (AvgIpc) is 2.66. The predicted molar refractivity (Wildman–Crippen MR) is 77.5 cm³/mol. The Morgan fingerprint density at radius 1 is 1.37 bits per heavy atom. The number of rotatable bonds is 4. The minimum Gasteiger partial charge on any atom is -0.391 e. The van der Waals surface area contributed by atoms with E-state index in [0.717, 1.165) is 16.8 Å². The Balaban J connectivity index is 2.35. The van der Waals surface area contributed by atoms with Crippen LogP contribution < -0.4 is 0 Å². The second-order valence-electron chi connectivity index (χ2n) is 5.11. The number of hydrogen-bond acceptors (Lipinski definition) is 2. The topological polar surface area (TPSA) is 38.0 Å². The summed E-state index contributed by atoms with van der Waals surface area (Å²) in [4.78, 5) is 0. The smallest absolute Gasteiger partial charge is 0.133 e. The minimum absolute atomic E-state index is 0.0693. The third-order valence-electron chi connectivity index (χ3n) is 3.13. The molecule has 3 nitrogen and oxygen atoms in total. The molecule has 0 radical (unpaired) electrons. The van der Waals surface area contributed by atoms with Crippen molar-refractivity contribution in [3.8, 4) is 0 Å². The number of benzene rings is 1. The first kappa shape index (κ1) is 14.1. The van der Waals surface area contributed by atoms with E-state index in [2.05, 4.69) is 44.1 Å². The Kier molecular flexibility index (Phi) is 4.27. The van der Waals surface area contributed by atoms with Gasteiger partial charge in [0.05, 0.1) is 18.8 Å². The molecule has 0 saturated carbocycles. The molecular formula is C15H19ClN2O. The summed E-state index contributed by atoms with van der Waals surface area (Å²) < 4.78 is 1.76. The lowest BCUT2D eigenvalue weighted by Crippen LogP contribution is -2.03. The second-order valence-corrected chi connectivity index (χ2v) is 5.47. The van der Waals surface area contributed by atoms with Gasteiger partial charge in [-0.3, -0.25) is 0 Å². The van der Waals surface area contributed by atoms with Gasteiger partial charge in [0.2, 0.25) is 0 Å². The Labute approximate surface area is 118 Å². The Morgan fingerprint density at radius 2 is 2.11 bits per heavy atom. The van der Waals surface area contributed by atoms with E-state index in [1.807, 2.05) is 6.07 Å². The highest BCUT2D eigenvalue weighted by atomic mass is 35.5. The van der Waals surface area contributed by atoms with E-state index in [1.165, 1.54) is 5.56 Å². The van der Waals surface area contributed by atoms with Crippen molar-refractivity contribution < 1.29 is 5.11 Å². The average molecular weight is 279 g/mol. The number of aliphatic hydroxyl groups excluding tert-OH is 1. The molecule has 0 unspecified atom stereocenters. The molecule has 0 amide bonds. The van der Waals surface area contributed by atoms with Crippen LogP contribution in [0.4, 0.5) is 0 Å². The van der Waals surface area contributed by atoms with Gasteiger partial charge in [-0.1, -0.05) is 55.3 Å². The molecule has 0 bridgehead atoms. The summed E-state index contributed by atoms with van der Waals surface area (Å²) in [7, 11) is 0. The van der Waals surface area contributed by atoms with Gasteiger partial charge in [-0.2, -0.15) is 5.10 Å². The van der Waals surface area contributed by atoms with Crippen molar-refractivity contribution in [2.45, 2.75) is 39.8 Å². The van der Waals surface area contributed by atoms with Gasteiger partial charge in [0, 0.05) is 5.56 Å². The van der Waals surface area contributed by atoms with Crippen LogP contribution in [0.3, 0.4) is 0 Å². The van der Waals surface area contributed by atoms with Gasteiger partial charge >= 0.3 is 0 Å². The number of aryl methyl sites for hydroxylation is 1. The van der Waals surface area contributed by atoms with Crippen LogP contribution in [0.1, 0.15) is 42.1 Å². The van der Waals surface area contributed by atoms with Crippen LogP contribution in [0.15, 0.2) is 24.3 Å². The molecule has 0 aliphatic rings. The van der Waals surface area contributed by atoms with Gasteiger partial charge in [-0.25, -0.2) is 4.68 Å². The van der Waals surface area contributed by atoms with Crippen molar-refractivity contribution in [1.29, 1.82) is 0 Å². The molecule has 0 atom stereocenters. The Bertz CT molecular complexity index is 576. The third kappa shape index (κ3) is 2.99. The van der Waals surface area contributed by atoms with Gasteiger partial charge < -0.3 is 5.11 Å². The summed E-state index contributed by atoms with van der Waals surface area (Å²) in [5.41, 5.74) is 3.99. The number of aromatic nitrogens is 2. The van der Waals surface area contributed by atoms with Crippen molar-refractivity contribution in [3.05, 3.63) is 51.8 Å².